The normalized spacial score (nSPS) is 16.6. The van der Waals surface area contributed by atoms with Gasteiger partial charge in [-0.2, -0.15) is 0 Å². The Bertz CT molecular complexity index is 525. The molecule has 0 saturated carbocycles. The number of H-pyrrole nitrogens is 1. The minimum atomic E-state index is 1.08. The average Bonchev–Trinajstić information content (AvgIpc) is 2.68. The van der Waals surface area contributed by atoms with E-state index >= 15 is 0 Å². The van der Waals surface area contributed by atoms with Crippen molar-refractivity contribution in [2.45, 2.75) is 26.8 Å². The van der Waals surface area contributed by atoms with Gasteiger partial charge in [0, 0.05) is 29.7 Å². The summed E-state index contributed by atoms with van der Waals surface area (Å²) in [6.45, 7) is 7.85. The number of rotatable bonds is 1. The summed E-state index contributed by atoms with van der Waals surface area (Å²) in [7, 11) is 0. The average molecular weight is 214 g/mol. The van der Waals surface area contributed by atoms with E-state index in [1.807, 2.05) is 0 Å². The van der Waals surface area contributed by atoms with Crippen LogP contribution in [0.4, 0.5) is 0 Å². The summed E-state index contributed by atoms with van der Waals surface area (Å²) in [5.41, 5.74) is 5.67. The van der Waals surface area contributed by atoms with Crippen LogP contribution in [0.15, 0.2) is 18.2 Å². The fourth-order valence-electron chi connectivity index (χ4n) is 2.74. The van der Waals surface area contributed by atoms with Crippen LogP contribution in [0.3, 0.4) is 0 Å². The van der Waals surface area contributed by atoms with Gasteiger partial charge in [-0.3, -0.25) is 4.90 Å². The Morgan fingerprint density at radius 2 is 2.25 bits per heavy atom. The number of hydrogen-bond acceptors (Lipinski definition) is 1. The highest BCUT2D eigenvalue weighted by Gasteiger charge is 2.19. The minimum Gasteiger partial charge on any atom is -0.357 e. The van der Waals surface area contributed by atoms with Crippen LogP contribution < -0.4 is 0 Å². The molecule has 2 heteroatoms. The third kappa shape index (κ3) is 1.37. The number of aromatic nitrogens is 1. The summed E-state index contributed by atoms with van der Waals surface area (Å²) in [6.07, 6.45) is 1.19. The molecule has 1 N–H and O–H groups in total. The monoisotopic (exact) mass is 214 g/mol. The Hall–Kier alpha value is -1.28. The second-order valence-electron chi connectivity index (χ2n) is 4.70. The van der Waals surface area contributed by atoms with Gasteiger partial charge in [-0.25, -0.2) is 0 Å². The number of fused-ring (bicyclic) bond motifs is 3. The third-order valence-corrected chi connectivity index (χ3v) is 3.75. The molecule has 0 bridgehead atoms. The van der Waals surface area contributed by atoms with E-state index in [9.17, 15) is 0 Å². The van der Waals surface area contributed by atoms with Crippen LogP contribution in [-0.4, -0.2) is 23.0 Å². The van der Waals surface area contributed by atoms with Crippen LogP contribution in [0.5, 0.6) is 0 Å². The summed E-state index contributed by atoms with van der Waals surface area (Å²) in [5.74, 6) is 0. The highest BCUT2D eigenvalue weighted by atomic mass is 15.1. The number of aryl methyl sites for hydroxylation is 1. The van der Waals surface area contributed by atoms with Crippen LogP contribution in [0.2, 0.25) is 0 Å². The van der Waals surface area contributed by atoms with Crippen LogP contribution in [0, 0.1) is 6.92 Å². The lowest BCUT2D eigenvalue weighted by atomic mass is 10.0. The molecule has 0 atom stereocenters. The molecule has 2 aromatic rings. The maximum atomic E-state index is 3.61. The van der Waals surface area contributed by atoms with Crippen molar-refractivity contribution in [3.63, 3.8) is 0 Å². The van der Waals surface area contributed by atoms with Crippen molar-refractivity contribution in [2.24, 2.45) is 0 Å². The van der Waals surface area contributed by atoms with Crippen molar-refractivity contribution < 1.29 is 0 Å². The zero-order chi connectivity index (χ0) is 11.1. The lowest BCUT2D eigenvalue weighted by Crippen LogP contribution is -2.29. The van der Waals surface area contributed by atoms with Gasteiger partial charge in [-0.15, -0.1) is 0 Å². The van der Waals surface area contributed by atoms with E-state index in [1.165, 1.54) is 35.1 Å². The van der Waals surface area contributed by atoms with Gasteiger partial charge in [0.15, 0.2) is 0 Å². The van der Waals surface area contributed by atoms with E-state index in [4.69, 9.17) is 0 Å². The molecule has 0 saturated heterocycles. The molecule has 0 radical (unpaired) electrons. The SMILES string of the molecule is CCN1CCc2c([nH]c3c(C)cccc23)C1. The van der Waals surface area contributed by atoms with Crippen LogP contribution >= 0.6 is 0 Å². The zero-order valence-electron chi connectivity index (χ0n) is 10.0. The maximum absolute atomic E-state index is 3.61. The summed E-state index contributed by atoms with van der Waals surface area (Å²) in [4.78, 5) is 6.10. The number of benzene rings is 1. The van der Waals surface area contributed by atoms with Gasteiger partial charge in [-0.1, -0.05) is 25.1 Å². The van der Waals surface area contributed by atoms with Gasteiger partial charge < -0.3 is 4.98 Å². The van der Waals surface area contributed by atoms with Crippen molar-refractivity contribution in [1.82, 2.24) is 9.88 Å². The van der Waals surface area contributed by atoms with Crippen LogP contribution in [-0.2, 0) is 13.0 Å². The molecule has 1 aromatic heterocycles. The minimum absolute atomic E-state index is 1.08. The second-order valence-corrected chi connectivity index (χ2v) is 4.70. The smallest absolute Gasteiger partial charge is 0.0489 e. The van der Waals surface area contributed by atoms with E-state index in [1.54, 1.807) is 5.56 Å². The molecule has 3 rings (SSSR count). The molecule has 0 fully saturated rings. The van der Waals surface area contributed by atoms with Crippen LogP contribution in [0.1, 0.15) is 23.7 Å². The second kappa shape index (κ2) is 3.63. The summed E-state index contributed by atoms with van der Waals surface area (Å²) in [6, 6.07) is 6.60. The predicted octanol–water partition coefficient (Wildman–Crippen LogP) is 2.85. The van der Waals surface area contributed by atoms with E-state index in [0.717, 1.165) is 13.1 Å². The molecular weight excluding hydrogens is 196 g/mol. The number of nitrogens with one attached hydrogen (secondary N) is 1. The molecule has 0 unspecified atom stereocenters. The van der Waals surface area contributed by atoms with Crippen LogP contribution in [0.25, 0.3) is 10.9 Å². The fourth-order valence-corrected chi connectivity index (χ4v) is 2.74. The molecule has 0 spiro atoms. The van der Waals surface area contributed by atoms with Gasteiger partial charge in [0.2, 0.25) is 0 Å². The Morgan fingerprint density at radius 3 is 3.06 bits per heavy atom. The molecule has 0 aliphatic carbocycles. The first kappa shape index (κ1) is 9.91. The molecule has 1 aliphatic heterocycles. The lowest BCUT2D eigenvalue weighted by molar-refractivity contribution is 0.266. The Labute approximate surface area is 96.3 Å². The molecule has 2 heterocycles. The van der Waals surface area contributed by atoms with Gasteiger partial charge in [-0.05, 0) is 31.0 Å². The quantitative estimate of drug-likeness (QED) is 0.773. The number of likely N-dealkylation sites (N-methyl/N-ethyl adjacent to an activating group) is 1. The van der Waals surface area contributed by atoms with Crippen molar-refractivity contribution >= 4 is 10.9 Å². The molecule has 2 nitrogen and oxygen atoms in total. The summed E-state index contributed by atoms with van der Waals surface area (Å²) < 4.78 is 0. The summed E-state index contributed by atoms with van der Waals surface area (Å²) in [5, 5.41) is 1.44. The fraction of sp³-hybridized carbons (Fsp3) is 0.429. The molecule has 1 aliphatic rings. The topological polar surface area (TPSA) is 19.0 Å². The van der Waals surface area contributed by atoms with E-state index in [2.05, 4.69) is 41.9 Å². The van der Waals surface area contributed by atoms with Gasteiger partial charge in [0.05, 0.1) is 0 Å². The first-order valence-corrected chi connectivity index (χ1v) is 6.11. The maximum Gasteiger partial charge on any atom is 0.0489 e. The van der Waals surface area contributed by atoms with E-state index in [0.29, 0.717) is 0 Å². The van der Waals surface area contributed by atoms with Gasteiger partial charge >= 0.3 is 0 Å². The number of nitrogens with zero attached hydrogens (tertiary/aromatic N) is 1. The first-order valence-electron chi connectivity index (χ1n) is 6.11. The predicted molar refractivity (Wildman–Crippen MR) is 67.7 cm³/mol. The van der Waals surface area contributed by atoms with Crippen molar-refractivity contribution in [3.05, 3.63) is 35.0 Å². The molecule has 0 amide bonds. The van der Waals surface area contributed by atoms with Gasteiger partial charge in [0.25, 0.3) is 0 Å². The zero-order valence-corrected chi connectivity index (χ0v) is 10.0. The largest absolute Gasteiger partial charge is 0.357 e. The number of para-hydroxylation sites is 1. The summed E-state index contributed by atoms with van der Waals surface area (Å²) >= 11 is 0. The van der Waals surface area contributed by atoms with E-state index in [-0.39, 0.29) is 0 Å². The van der Waals surface area contributed by atoms with Crippen molar-refractivity contribution in [2.75, 3.05) is 13.1 Å². The van der Waals surface area contributed by atoms with Crippen molar-refractivity contribution in [1.29, 1.82) is 0 Å². The molecule has 84 valence electrons. The Balaban J connectivity index is 2.16. The first-order chi connectivity index (χ1) is 7.79. The molecule has 1 aromatic carbocycles. The van der Waals surface area contributed by atoms with Crippen molar-refractivity contribution in [3.8, 4) is 0 Å². The standard InChI is InChI=1S/C14H18N2/c1-3-16-8-7-11-12-6-4-5-10(2)14(12)15-13(11)9-16/h4-6,15H,3,7-9H2,1-2H3. The Kier molecular flexibility index (Phi) is 2.25. The molecular formula is C14H18N2. The highest BCUT2D eigenvalue weighted by molar-refractivity contribution is 5.87. The number of aromatic amines is 1. The molecule has 16 heavy (non-hydrogen) atoms. The van der Waals surface area contributed by atoms with E-state index < -0.39 is 0 Å². The lowest BCUT2D eigenvalue weighted by Gasteiger charge is -2.25. The number of hydrogen-bond donors (Lipinski definition) is 1. The Morgan fingerprint density at radius 1 is 1.38 bits per heavy atom. The third-order valence-electron chi connectivity index (χ3n) is 3.75. The van der Waals surface area contributed by atoms with Gasteiger partial charge in [0.1, 0.15) is 0 Å². The highest BCUT2D eigenvalue weighted by Crippen LogP contribution is 2.28.